The standard InChI is InChI=1S/C9H4F2IN3/c10-8(11)7-3-5(1-2-13)6(4-14)9(12)15-7/h3,8H,1H2. The lowest BCUT2D eigenvalue weighted by Crippen LogP contribution is -2.01. The zero-order valence-corrected chi connectivity index (χ0v) is 9.49. The fourth-order valence-electron chi connectivity index (χ4n) is 1.04. The van der Waals surface area contributed by atoms with E-state index in [1.807, 2.05) is 12.1 Å². The van der Waals surface area contributed by atoms with Gasteiger partial charge in [0.15, 0.2) is 0 Å². The van der Waals surface area contributed by atoms with Crippen LogP contribution in [0, 0.1) is 26.4 Å². The molecule has 0 fully saturated rings. The van der Waals surface area contributed by atoms with Crippen molar-refractivity contribution in [3.8, 4) is 12.1 Å². The first-order valence-electron chi connectivity index (χ1n) is 3.84. The van der Waals surface area contributed by atoms with E-state index in [0.29, 0.717) is 5.56 Å². The van der Waals surface area contributed by atoms with Crippen molar-refractivity contribution in [3.63, 3.8) is 0 Å². The summed E-state index contributed by atoms with van der Waals surface area (Å²) in [5, 5.41) is 17.3. The van der Waals surface area contributed by atoms with E-state index in [-0.39, 0.29) is 15.7 Å². The smallest absolute Gasteiger partial charge is 0.239 e. The monoisotopic (exact) mass is 319 g/mol. The van der Waals surface area contributed by atoms with Gasteiger partial charge in [-0.1, -0.05) is 0 Å². The van der Waals surface area contributed by atoms with Gasteiger partial charge < -0.3 is 0 Å². The molecule has 0 saturated heterocycles. The topological polar surface area (TPSA) is 60.5 Å². The molecular weight excluding hydrogens is 315 g/mol. The summed E-state index contributed by atoms with van der Waals surface area (Å²) >= 11 is 1.71. The van der Waals surface area contributed by atoms with Gasteiger partial charge in [0.2, 0.25) is 0 Å². The fraction of sp³-hybridized carbons (Fsp3) is 0.222. The zero-order chi connectivity index (χ0) is 11.4. The second-order valence-electron chi connectivity index (χ2n) is 2.62. The van der Waals surface area contributed by atoms with E-state index in [9.17, 15) is 8.78 Å². The van der Waals surface area contributed by atoms with E-state index in [2.05, 4.69) is 4.98 Å². The Kier molecular flexibility index (Phi) is 3.92. The van der Waals surface area contributed by atoms with Crippen molar-refractivity contribution in [2.24, 2.45) is 0 Å². The van der Waals surface area contributed by atoms with Crippen molar-refractivity contribution < 1.29 is 8.78 Å². The van der Waals surface area contributed by atoms with Crippen molar-refractivity contribution in [2.45, 2.75) is 12.8 Å². The summed E-state index contributed by atoms with van der Waals surface area (Å²) in [4.78, 5) is 3.59. The largest absolute Gasteiger partial charge is 0.280 e. The van der Waals surface area contributed by atoms with Crippen molar-refractivity contribution >= 4 is 22.6 Å². The van der Waals surface area contributed by atoms with Gasteiger partial charge in [0.05, 0.1) is 18.1 Å². The van der Waals surface area contributed by atoms with Crippen LogP contribution in [0.3, 0.4) is 0 Å². The van der Waals surface area contributed by atoms with Gasteiger partial charge >= 0.3 is 0 Å². The Bertz CT molecular complexity index is 460. The molecule has 6 heteroatoms. The average Bonchev–Trinajstić information content (AvgIpc) is 2.17. The molecule has 0 unspecified atom stereocenters. The molecule has 15 heavy (non-hydrogen) atoms. The molecule has 0 bridgehead atoms. The number of nitrogens with zero attached hydrogens (tertiary/aromatic N) is 3. The molecule has 76 valence electrons. The molecule has 0 saturated carbocycles. The normalized spacial score (nSPS) is 9.73. The van der Waals surface area contributed by atoms with E-state index in [4.69, 9.17) is 10.5 Å². The first-order valence-corrected chi connectivity index (χ1v) is 4.92. The Morgan fingerprint density at radius 2 is 2.13 bits per heavy atom. The quantitative estimate of drug-likeness (QED) is 0.622. The fourth-order valence-corrected chi connectivity index (χ4v) is 1.78. The molecule has 0 amide bonds. The van der Waals surface area contributed by atoms with Crippen molar-refractivity contribution in [3.05, 3.63) is 26.6 Å². The summed E-state index contributed by atoms with van der Waals surface area (Å²) < 4.78 is 24.9. The third kappa shape index (κ3) is 2.60. The first-order chi connectivity index (χ1) is 7.10. The number of hydrogen-bond acceptors (Lipinski definition) is 3. The predicted molar refractivity (Wildman–Crippen MR) is 55.9 cm³/mol. The SMILES string of the molecule is N#CCc1cc(C(F)F)nc(I)c1C#N. The number of nitriles is 2. The minimum Gasteiger partial charge on any atom is -0.239 e. The molecule has 1 aromatic heterocycles. The van der Waals surface area contributed by atoms with Gasteiger partial charge in [-0.25, -0.2) is 13.8 Å². The van der Waals surface area contributed by atoms with Crippen LogP contribution in [0.4, 0.5) is 8.78 Å². The molecule has 0 aromatic carbocycles. The predicted octanol–water partition coefficient (Wildman–Crippen LogP) is 2.56. The van der Waals surface area contributed by atoms with E-state index >= 15 is 0 Å². The Hall–Kier alpha value is -1.28. The lowest BCUT2D eigenvalue weighted by molar-refractivity contribution is 0.145. The maximum Gasteiger partial charge on any atom is 0.280 e. The van der Waals surface area contributed by atoms with Gasteiger partial charge in [0, 0.05) is 0 Å². The molecule has 0 radical (unpaired) electrons. The van der Waals surface area contributed by atoms with Gasteiger partial charge in [-0.05, 0) is 34.2 Å². The van der Waals surface area contributed by atoms with Crippen LogP contribution in [-0.4, -0.2) is 4.98 Å². The molecule has 1 heterocycles. The molecule has 0 aliphatic carbocycles. The van der Waals surface area contributed by atoms with Crippen LogP contribution >= 0.6 is 22.6 Å². The highest BCUT2D eigenvalue weighted by Crippen LogP contribution is 2.22. The molecule has 0 aliphatic heterocycles. The Labute approximate surface area is 98.5 Å². The number of hydrogen-bond donors (Lipinski definition) is 0. The van der Waals surface area contributed by atoms with Gasteiger partial charge in [0.25, 0.3) is 6.43 Å². The third-order valence-corrected chi connectivity index (χ3v) is 2.46. The van der Waals surface area contributed by atoms with E-state index in [0.717, 1.165) is 6.07 Å². The van der Waals surface area contributed by atoms with Crippen LogP contribution < -0.4 is 0 Å². The molecule has 1 rings (SSSR count). The second-order valence-corrected chi connectivity index (χ2v) is 3.64. The van der Waals surface area contributed by atoms with Crippen LogP contribution in [0.15, 0.2) is 6.07 Å². The molecule has 3 nitrogen and oxygen atoms in total. The number of rotatable bonds is 2. The lowest BCUT2D eigenvalue weighted by Gasteiger charge is -2.05. The van der Waals surface area contributed by atoms with Gasteiger partial charge in [-0.15, -0.1) is 0 Å². The van der Waals surface area contributed by atoms with Crippen LogP contribution in [0.1, 0.15) is 23.2 Å². The van der Waals surface area contributed by atoms with Crippen LogP contribution in [0.25, 0.3) is 0 Å². The van der Waals surface area contributed by atoms with Gasteiger partial charge in [-0.2, -0.15) is 10.5 Å². The summed E-state index contributed by atoms with van der Waals surface area (Å²) in [6.07, 6.45) is -2.76. The zero-order valence-electron chi connectivity index (χ0n) is 7.34. The van der Waals surface area contributed by atoms with Crippen LogP contribution in [0.2, 0.25) is 0 Å². The lowest BCUT2D eigenvalue weighted by atomic mass is 10.1. The van der Waals surface area contributed by atoms with Crippen molar-refractivity contribution in [2.75, 3.05) is 0 Å². The molecule has 0 spiro atoms. The molecule has 0 N–H and O–H groups in total. The van der Waals surface area contributed by atoms with Crippen LogP contribution in [0.5, 0.6) is 0 Å². The van der Waals surface area contributed by atoms with E-state index in [1.165, 1.54) is 0 Å². The maximum absolute atomic E-state index is 12.4. The number of alkyl halides is 2. The van der Waals surface area contributed by atoms with Gasteiger partial charge in [0.1, 0.15) is 15.5 Å². The number of pyridine rings is 1. The van der Waals surface area contributed by atoms with Crippen molar-refractivity contribution in [1.82, 2.24) is 4.98 Å². The maximum atomic E-state index is 12.4. The Morgan fingerprint density at radius 3 is 2.60 bits per heavy atom. The molecule has 0 atom stereocenters. The summed E-state index contributed by atoms with van der Waals surface area (Å²) in [5.74, 6) is 0. The van der Waals surface area contributed by atoms with Crippen LogP contribution in [-0.2, 0) is 6.42 Å². The Morgan fingerprint density at radius 1 is 1.47 bits per heavy atom. The average molecular weight is 319 g/mol. The molecular formula is C9H4F2IN3. The first kappa shape index (κ1) is 11.8. The number of aromatic nitrogens is 1. The molecule has 1 aromatic rings. The summed E-state index contributed by atoms with van der Waals surface area (Å²) in [6.45, 7) is 0. The highest BCUT2D eigenvalue weighted by Gasteiger charge is 2.15. The van der Waals surface area contributed by atoms with Gasteiger partial charge in [-0.3, -0.25) is 0 Å². The molecule has 0 aliphatic rings. The highest BCUT2D eigenvalue weighted by molar-refractivity contribution is 14.1. The van der Waals surface area contributed by atoms with E-state index in [1.54, 1.807) is 22.6 Å². The third-order valence-electron chi connectivity index (χ3n) is 1.68. The minimum atomic E-state index is -2.69. The highest BCUT2D eigenvalue weighted by atomic mass is 127. The minimum absolute atomic E-state index is 0.0683. The second kappa shape index (κ2) is 4.99. The summed E-state index contributed by atoms with van der Waals surface area (Å²) in [6, 6.07) is 4.78. The van der Waals surface area contributed by atoms with E-state index < -0.39 is 12.1 Å². The summed E-state index contributed by atoms with van der Waals surface area (Å²) in [5.41, 5.74) is 0.0971. The summed E-state index contributed by atoms with van der Waals surface area (Å²) in [7, 11) is 0. The number of halogens is 3. The Balaban J connectivity index is 3.35. The van der Waals surface area contributed by atoms with Crippen molar-refractivity contribution in [1.29, 1.82) is 10.5 Å².